The van der Waals surface area contributed by atoms with Gasteiger partial charge in [-0.3, -0.25) is 13.9 Å². The molecule has 12 heteroatoms. The first-order valence-corrected chi connectivity index (χ1v) is 18.1. The van der Waals surface area contributed by atoms with Crippen LogP contribution < -0.4 is 4.90 Å². The van der Waals surface area contributed by atoms with Gasteiger partial charge in [-0.15, -0.1) is 0 Å². The van der Waals surface area contributed by atoms with E-state index in [1.807, 2.05) is 65.8 Å². The van der Waals surface area contributed by atoms with E-state index in [2.05, 4.69) is 9.48 Å². The van der Waals surface area contributed by atoms with E-state index in [0.717, 1.165) is 52.3 Å². The summed E-state index contributed by atoms with van der Waals surface area (Å²) in [5, 5.41) is 9.00. The molecule has 0 spiro atoms. The summed E-state index contributed by atoms with van der Waals surface area (Å²) in [7, 11) is -8.74. The fourth-order valence-corrected chi connectivity index (χ4v) is 7.42. The maximum absolute atomic E-state index is 11.9. The molecule has 2 heterocycles. The molecule has 4 rings (SSSR count). The Labute approximate surface area is 272 Å². The van der Waals surface area contributed by atoms with Gasteiger partial charge in [-0.1, -0.05) is 31.6 Å². The van der Waals surface area contributed by atoms with Crippen LogP contribution in [0.1, 0.15) is 78.4 Å². The Hall–Kier alpha value is -3.58. The molecule has 0 saturated carbocycles. The van der Waals surface area contributed by atoms with Crippen LogP contribution in [0.3, 0.4) is 0 Å². The zero-order valence-corrected chi connectivity index (χ0v) is 28.7. The third kappa shape index (κ3) is 7.05. The normalized spacial score (nSPS) is 18.5. The first-order chi connectivity index (χ1) is 21.3. The summed E-state index contributed by atoms with van der Waals surface area (Å²) in [6.07, 6.45) is 10.2. The average molecular weight is 672 g/mol. The minimum atomic E-state index is -4.39. The van der Waals surface area contributed by atoms with Crippen molar-refractivity contribution in [1.29, 1.82) is 0 Å². The highest BCUT2D eigenvalue weighted by molar-refractivity contribution is 7.86. The van der Waals surface area contributed by atoms with Crippen molar-refractivity contribution in [3.63, 3.8) is 0 Å². The van der Waals surface area contributed by atoms with Crippen LogP contribution in [-0.2, 0) is 35.9 Å². The van der Waals surface area contributed by atoms with Crippen LogP contribution in [0, 0.1) is 0 Å². The van der Waals surface area contributed by atoms with E-state index in [1.165, 1.54) is 24.3 Å². The van der Waals surface area contributed by atoms with Crippen molar-refractivity contribution in [2.24, 2.45) is 0 Å². The number of hydrogen-bond donors (Lipinski definition) is 3. The monoisotopic (exact) mass is 671 g/mol. The highest BCUT2D eigenvalue weighted by Gasteiger charge is 2.45. The molecule has 0 aliphatic carbocycles. The molecule has 2 aliphatic rings. The number of unbranched alkanes of at least 4 members (excludes halogenated alkanes) is 2. The van der Waals surface area contributed by atoms with Crippen molar-refractivity contribution in [1.82, 2.24) is 0 Å². The van der Waals surface area contributed by atoms with Gasteiger partial charge in [0.05, 0.1) is 15.2 Å². The van der Waals surface area contributed by atoms with E-state index in [1.54, 1.807) is 12.1 Å². The van der Waals surface area contributed by atoms with E-state index >= 15 is 0 Å². The van der Waals surface area contributed by atoms with Gasteiger partial charge in [-0.2, -0.15) is 21.4 Å². The van der Waals surface area contributed by atoms with E-state index in [-0.39, 0.29) is 16.2 Å². The number of anilines is 1. The Bertz CT molecular complexity index is 1900. The van der Waals surface area contributed by atoms with Gasteiger partial charge in [-0.25, -0.2) is 0 Å². The first kappa shape index (κ1) is 35.3. The molecule has 0 saturated heterocycles. The molecule has 248 valence electrons. The molecule has 2 aromatic rings. The van der Waals surface area contributed by atoms with Crippen molar-refractivity contribution < 1.29 is 40.4 Å². The van der Waals surface area contributed by atoms with Crippen molar-refractivity contribution in [2.75, 3.05) is 18.0 Å². The van der Waals surface area contributed by atoms with Gasteiger partial charge in [0.15, 0.2) is 5.71 Å². The second kappa shape index (κ2) is 12.9. The topological polar surface area (TPSA) is 152 Å². The van der Waals surface area contributed by atoms with E-state index in [9.17, 15) is 30.7 Å². The zero-order chi connectivity index (χ0) is 34.2. The fourth-order valence-electron chi connectivity index (χ4n) is 6.41. The summed E-state index contributed by atoms with van der Waals surface area (Å²) in [5.41, 5.74) is 5.04. The molecule has 3 N–H and O–H groups in total. The average Bonchev–Trinajstić information content (AvgIpc) is 3.30. The molecular formula is C34H43N2O8S2+. The lowest BCUT2D eigenvalue weighted by atomic mass is 9.81. The highest BCUT2D eigenvalue weighted by atomic mass is 32.2. The predicted molar refractivity (Wildman–Crippen MR) is 178 cm³/mol. The van der Waals surface area contributed by atoms with Crippen molar-refractivity contribution in [2.45, 2.75) is 87.8 Å². The lowest BCUT2D eigenvalue weighted by Gasteiger charge is -2.25. The van der Waals surface area contributed by atoms with Crippen LogP contribution in [0.4, 0.5) is 11.4 Å². The number of allylic oxidation sites excluding steroid dienone is 6. The number of rotatable bonds is 12. The molecule has 0 aromatic heterocycles. The molecule has 0 bridgehead atoms. The number of aliphatic carboxylic acids is 1. The second-order valence-corrected chi connectivity index (χ2v) is 15.7. The molecule has 0 amide bonds. The van der Waals surface area contributed by atoms with Crippen LogP contribution in [0.15, 0.2) is 81.8 Å². The van der Waals surface area contributed by atoms with E-state index in [4.69, 9.17) is 5.11 Å². The second-order valence-electron chi connectivity index (χ2n) is 12.8. The maximum Gasteiger partial charge on any atom is 0.303 e. The van der Waals surface area contributed by atoms with Crippen LogP contribution in [0.2, 0.25) is 0 Å². The standard InChI is InChI=1S/C34H42N2O8S2/c1-7-35-28-16-14-24(45(39,40)41)21-26(28)33(3,4)30(35)18-12-23(2)13-19-31-34(5,6)27-22-25(46(42,43)44)15-17-29(27)36(31)20-10-8-9-11-32(37)38/h12-19,21-22H,7-11,20H2,1-6H3,(H2-,37,38,39,40,41,42,43,44)/p+1. The number of carbonyl (C=O) groups is 1. The van der Waals surface area contributed by atoms with E-state index < -0.39 is 37.0 Å². The fraction of sp³-hybridized carbons (Fsp3) is 0.412. The van der Waals surface area contributed by atoms with Crippen LogP contribution in [0.5, 0.6) is 0 Å². The molecule has 0 unspecified atom stereocenters. The van der Waals surface area contributed by atoms with E-state index in [0.29, 0.717) is 19.5 Å². The molecule has 0 atom stereocenters. The Morgan fingerprint density at radius 3 is 2.09 bits per heavy atom. The number of nitrogens with zero attached hydrogens (tertiary/aromatic N) is 2. The van der Waals surface area contributed by atoms with Gasteiger partial charge < -0.3 is 10.0 Å². The van der Waals surface area contributed by atoms with Gasteiger partial charge in [-0.05, 0) is 82.5 Å². The van der Waals surface area contributed by atoms with Crippen molar-refractivity contribution >= 4 is 43.3 Å². The molecule has 2 aliphatic heterocycles. The van der Waals surface area contributed by atoms with Gasteiger partial charge in [0.25, 0.3) is 20.2 Å². The Morgan fingerprint density at radius 2 is 1.50 bits per heavy atom. The first-order valence-electron chi connectivity index (χ1n) is 15.3. The third-order valence-corrected chi connectivity index (χ3v) is 10.6. The molecule has 0 radical (unpaired) electrons. The summed E-state index contributed by atoms with van der Waals surface area (Å²) in [6.45, 7) is 13.3. The molecule has 46 heavy (non-hydrogen) atoms. The predicted octanol–water partition coefficient (Wildman–Crippen LogP) is 6.41. The molecule has 0 fully saturated rings. The van der Waals surface area contributed by atoms with Crippen LogP contribution in [0.25, 0.3) is 0 Å². The Kier molecular flexibility index (Phi) is 9.90. The quantitative estimate of drug-likeness (QED) is 0.101. The summed E-state index contributed by atoms with van der Waals surface area (Å²) < 4.78 is 69.0. The van der Waals surface area contributed by atoms with Gasteiger partial charge in [0, 0.05) is 53.9 Å². The van der Waals surface area contributed by atoms with Gasteiger partial charge in [0.1, 0.15) is 6.54 Å². The van der Waals surface area contributed by atoms with Crippen molar-refractivity contribution in [3.8, 4) is 0 Å². The lowest BCUT2D eigenvalue weighted by Crippen LogP contribution is -2.28. The summed E-state index contributed by atoms with van der Waals surface area (Å²) in [6, 6.07) is 9.28. The summed E-state index contributed by atoms with van der Waals surface area (Å²) in [5.74, 6) is -0.826. The number of hydrogen-bond acceptors (Lipinski definition) is 6. The largest absolute Gasteiger partial charge is 0.481 e. The SMILES string of the molecule is CCN1\C(=C/C=C(C)/C=C/C2=[N+](CCCCCC(=O)O)c3ccc(S(=O)(=O)O)cc3C2(C)C)C(C)(C)c2cc(S(=O)(=O)O)ccc21. The van der Waals surface area contributed by atoms with Gasteiger partial charge >= 0.3 is 5.97 Å². The smallest absolute Gasteiger partial charge is 0.303 e. The van der Waals surface area contributed by atoms with Crippen molar-refractivity contribution in [3.05, 3.63) is 83.1 Å². The molecular weight excluding hydrogens is 629 g/mol. The Morgan fingerprint density at radius 1 is 0.891 bits per heavy atom. The molecule has 2 aromatic carbocycles. The number of fused-ring (bicyclic) bond motifs is 2. The summed E-state index contributed by atoms with van der Waals surface area (Å²) >= 11 is 0. The number of benzene rings is 2. The Balaban J connectivity index is 1.69. The number of carboxylic acid groups (broad SMARTS) is 1. The maximum atomic E-state index is 11.9. The minimum absolute atomic E-state index is 0.106. The minimum Gasteiger partial charge on any atom is -0.481 e. The highest BCUT2D eigenvalue weighted by Crippen LogP contribution is 2.48. The third-order valence-electron chi connectivity index (χ3n) is 8.92. The lowest BCUT2D eigenvalue weighted by molar-refractivity contribution is -0.438. The van der Waals surface area contributed by atoms with Crippen LogP contribution >= 0.6 is 0 Å². The summed E-state index contributed by atoms with van der Waals surface area (Å²) in [4.78, 5) is 12.8. The van der Waals surface area contributed by atoms with Crippen LogP contribution in [-0.4, -0.2) is 60.4 Å². The number of likely N-dealkylation sites (N-methyl/N-ethyl adjacent to an activating group) is 1. The van der Waals surface area contributed by atoms with Gasteiger partial charge in [0.2, 0.25) is 5.69 Å². The molecule has 10 nitrogen and oxygen atoms in total. The number of carboxylic acids is 1. The zero-order valence-electron chi connectivity index (χ0n) is 27.1.